The lowest BCUT2D eigenvalue weighted by Crippen LogP contribution is -2.27. The molecule has 0 saturated heterocycles. The highest BCUT2D eigenvalue weighted by Gasteiger charge is 2.18. The Morgan fingerprint density at radius 2 is 2.12 bits per heavy atom. The summed E-state index contributed by atoms with van der Waals surface area (Å²) >= 11 is 0. The number of aromatic nitrogens is 2. The van der Waals surface area contributed by atoms with Gasteiger partial charge in [-0.05, 0) is 32.8 Å². The first-order chi connectivity index (χ1) is 7.78. The predicted octanol–water partition coefficient (Wildman–Crippen LogP) is 1.68. The topological polar surface area (TPSA) is 81.4 Å². The van der Waals surface area contributed by atoms with Crippen molar-refractivity contribution in [2.75, 3.05) is 0 Å². The maximum atomic E-state index is 11.6. The van der Waals surface area contributed by atoms with E-state index in [9.17, 15) is 9.59 Å². The van der Waals surface area contributed by atoms with Crippen LogP contribution in [0.3, 0.4) is 0 Å². The standard InChI is InChI=1S/C11H16N2O4/c1-11(2,3)17-10(16)13-7-8(6-12-13)4-5-9(14)15/h6-7H,4-5H2,1-3H3,(H,14,15). The van der Waals surface area contributed by atoms with Crippen molar-refractivity contribution in [3.63, 3.8) is 0 Å². The van der Waals surface area contributed by atoms with Crippen molar-refractivity contribution in [1.29, 1.82) is 0 Å². The highest BCUT2D eigenvalue weighted by Crippen LogP contribution is 2.09. The molecule has 0 saturated carbocycles. The first kappa shape index (κ1) is 13.2. The first-order valence-corrected chi connectivity index (χ1v) is 5.26. The van der Waals surface area contributed by atoms with E-state index in [-0.39, 0.29) is 6.42 Å². The van der Waals surface area contributed by atoms with Crippen molar-refractivity contribution in [1.82, 2.24) is 9.78 Å². The number of hydrogen-bond donors (Lipinski definition) is 1. The van der Waals surface area contributed by atoms with Crippen molar-refractivity contribution in [3.8, 4) is 0 Å². The summed E-state index contributed by atoms with van der Waals surface area (Å²) in [4.78, 5) is 22.0. The van der Waals surface area contributed by atoms with Gasteiger partial charge in [0.2, 0.25) is 0 Å². The maximum Gasteiger partial charge on any atom is 0.435 e. The van der Waals surface area contributed by atoms with Gasteiger partial charge in [-0.3, -0.25) is 4.79 Å². The van der Waals surface area contributed by atoms with Crippen LogP contribution >= 0.6 is 0 Å². The molecule has 0 amide bonds. The van der Waals surface area contributed by atoms with Crippen molar-refractivity contribution in [2.45, 2.75) is 39.2 Å². The Kier molecular flexibility index (Phi) is 3.88. The molecule has 17 heavy (non-hydrogen) atoms. The molecule has 0 fully saturated rings. The quantitative estimate of drug-likeness (QED) is 0.869. The Bertz CT molecular complexity index is 417. The molecular formula is C11H16N2O4. The van der Waals surface area contributed by atoms with E-state index >= 15 is 0 Å². The van der Waals surface area contributed by atoms with Gasteiger partial charge in [-0.15, -0.1) is 0 Å². The number of carboxylic acids is 1. The van der Waals surface area contributed by atoms with Crippen LogP contribution in [0.1, 0.15) is 32.8 Å². The molecule has 1 aromatic rings. The molecule has 0 atom stereocenters. The van der Waals surface area contributed by atoms with Gasteiger partial charge in [0.15, 0.2) is 0 Å². The van der Waals surface area contributed by atoms with Crippen molar-refractivity contribution < 1.29 is 19.4 Å². The van der Waals surface area contributed by atoms with Crippen LogP contribution in [0.2, 0.25) is 0 Å². The fraction of sp³-hybridized carbons (Fsp3) is 0.545. The number of rotatable bonds is 3. The summed E-state index contributed by atoms with van der Waals surface area (Å²) in [6.07, 6.45) is 2.74. The minimum atomic E-state index is -0.880. The number of ether oxygens (including phenoxy) is 1. The third-order valence-corrected chi connectivity index (χ3v) is 1.84. The van der Waals surface area contributed by atoms with E-state index < -0.39 is 17.7 Å². The zero-order valence-corrected chi connectivity index (χ0v) is 10.1. The number of hydrogen-bond acceptors (Lipinski definition) is 4. The van der Waals surface area contributed by atoms with E-state index in [1.807, 2.05) is 0 Å². The SMILES string of the molecule is CC(C)(C)OC(=O)n1cc(CCC(=O)O)cn1. The number of carbonyl (C=O) groups excluding carboxylic acids is 1. The fourth-order valence-electron chi connectivity index (χ4n) is 1.15. The van der Waals surface area contributed by atoms with Crippen LogP contribution in [0.4, 0.5) is 4.79 Å². The molecule has 6 heteroatoms. The molecule has 1 rings (SSSR count). The number of carboxylic acid groups (broad SMARTS) is 1. The zero-order chi connectivity index (χ0) is 13.1. The molecule has 0 unspecified atom stereocenters. The Morgan fingerprint density at radius 3 is 2.65 bits per heavy atom. The van der Waals surface area contributed by atoms with Gasteiger partial charge in [0.25, 0.3) is 0 Å². The third-order valence-electron chi connectivity index (χ3n) is 1.84. The van der Waals surface area contributed by atoms with E-state index in [4.69, 9.17) is 9.84 Å². The molecule has 1 heterocycles. The van der Waals surface area contributed by atoms with Gasteiger partial charge in [-0.25, -0.2) is 4.79 Å². The fourth-order valence-corrected chi connectivity index (χ4v) is 1.15. The number of aliphatic carboxylic acids is 1. The average molecular weight is 240 g/mol. The molecule has 94 valence electrons. The maximum absolute atomic E-state index is 11.6. The highest BCUT2D eigenvalue weighted by molar-refractivity contribution is 5.70. The van der Waals surface area contributed by atoms with Crippen molar-refractivity contribution >= 4 is 12.1 Å². The summed E-state index contributed by atoms with van der Waals surface area (Å²) in [5, 5.41) is 12.4. The number of carbonyl (C=O) groups is 2. The van der Waals surface area contributed by atoms with Crippen molar-refractivity contribution in [3.05, 3.63) is 18.0 Å². The first-order valence-electron chi connectivity index (χ1n) is 5.26. The largest absolute Gasteiger partial charge is 0.481 e. The summed E-state index contributed by atoms with van der Waals surface area (Å²) in [6, 6.07) is 0. The zero-order valence-electron chi connectivity index (χ0n) is 10.1. The van der Waals surface area contributed by atoms with E-state index in [2.05, 4.69) is 5.10 Å². The van der Waals surface area contributed by atoms with Gasteiger partial charge in [-0.1, -0.05) is 0 Å². The van der Waals surface area contributed by atoms with E-state index in [0.717, 1.165) is 4.68 Å². The summed E-state index contributed by atoms with van der Waals surface area (Å²) in [7, 11) is 0. The van der Waals surface area contributed by atoms with E-state index in [0.29, 0.717) is 12.0 Å². The molecule has 1 aromatic heterocycles. The lowest BCUT2D eigenvalue weighted by atomic mass is 10.2. The van der Waals surface area contributed by atoms with Gasteiger partial charge >= 0.3 is 12.1 Å². The van der Waals surface area contributed by atoms with Gasteiger partial charge in [0.05, 0.1) is 6.20 Å². The van der Waals surface area contributed by atoms with E-state index in [1.165, 1.54) is 12.4 Å². The van der Waals surface area contributed by atoms with Crippen LogP contribution in [0, 0.1) is 0 Å². The van der Waals surface area contributed by atoms with Gasteiger partial charge < -0.3 is 9.84 Å². The van der Waals surface area contributed by atoms with Crippen LogP contribution < -0.4 is 0 Å². The minimum absolute atomic E-state index is 0.0139. The summed E-state index contributed by atoms with van der Waals surface area (Å²) in [5.41, 5.74) is 0.114. The second-order valence-electron chi connectivity index (χ2n) is 4.67. The number of aryl methyl sites for hydroxylation is 1. The second-order valence-corrected chi connectivity index (χ2v) is 4.67. The smallest absolute Gasteiger partial charge is 0.435 e. The summed E-state index contributed by atoms with van der Waals surface area (Å²) < 4.78 is 6.18. The molecule has 6 nitrogen and oxygen atoms in total. The molecule has 0 aliphatic rings. The highest BCUT2D eigenvalue weighted by atomic mass is 16.6. The van der Waals surface area contributed by atoms with E-state index in [1.54, 1.807) is 20.8 Å². The monoisotopic (exact) mass is 240 g/mol. The normalized spacial score (nSPS) is 11.2. The van der Waals surface area contributed by atoms with Crippen LogP contribution in [0.25, 0.3) is 0 Å². The van der Waals surface area contributed by atoms with Crippen LogP contribution in [-0.2, 0) is 16.0 Å². The van der Waals surface area contributed by atoms with Crippen LogP contribution in [0.15, 0.2) is 12.4 Å². The van der Waals surface area contributed by atoms with Gasteiger partial charge in [0.1, 0.15) is 5.60 Å². The predicted molar refractivity (Wildman–Crippen MR) is 59.8 cm³/mol. The van der Waals surface area contributed by atoms with Crippen LogP contribution in [0.5, 0.6) is 0 Å². The second kappa shape index (κ2) is 4.99. The molecule has 0 aliphatic carbocycles. The third kappa shape index (κ3) is 4.67. The molecule has 0 aliphatic heterocycles. The molecule has 1 N–H and O–H groups in total. The van der Waals surface area contributed by atoms with Gasteiger partial charge in [-0.2, -0.15) is 9.78 Å². The Morgan fingerprint density at radius 1 is 1.47 bits per heavy atom. The molecule has 0 spiro atoms. The summed E-state index contributed by atoms with van der Waals surface area (Å²) in [6.45, 7) is 5.29. The molecule has 0 radical (unpaired) electrons. The minimum Gasteiger partial charge on any atom is -0.481 e. The molecular weight excluding hydrogens is 224 g/mol. The lowest BCUT2D eigenvalue weighted by molar-refractivity contribution is -0.136. The Hall–Kier alpha value is -1.85. The molecule has 0 aromatic carbocycles. The number of nitrogens with zero attached hydrogens (tertiary/aromatic N) is 2. The Balaban J connectivity index is 2.61. The average Bonchev–Trinajstić information content (AvgIpc) is 2.60. The summed E-state index contributed by atoms with van der Waals surface area (Å²) in [5.74, 6) is -0.880. The van der Waals surface area contributed by atoms with Gasteiger partial charge in [0, 0.05) is 12.6 Å². The molecule has 0 bridgehead atoms. The lowest BCUT2D eigenvalue weighted by Gasteiger charge is -2.18. The Labute approximate surface area is 99.2 Å². The van der Waals surface area contributed by atoms with Crippen molar-refractivity contribution in [2.24, 2.45) is 0 Å². The van der Waals surface area contributed by atoms with Crippen LogP contribution in [-0.4, -0.2) is 32.6 Å².